The first-order chi connectivity index (χ1) is 32.9. The zero-order chi connectivity index (χ0) is 48.0. The van der Waals surface area contributed by atoms with Gasteiger partial charge >= 0.3 is 24.4 Å². The Labute approximate surface area is 404 Å². The van der Waals surface area contributed by atoms with Crippen molar-refractivity contribution >= 4 is 17.9 Å². The highest BCUT2D eigenvalue weighted by Gasteiger charge is 2.72. The lowest BCUT2D eigenvalue weighted by Crippen LogP contribution is -2.70. The van der Waals surface area contributed by atoms with E-state index in [2.05, 4.69) is 27.7 Å². The molecule has 15 aliphatic rings. The van der Waals surface area contributed by atoms with Gasteiger partial charge in [-0.05, 0) is 126 Å². The summed E-state index contributed by atoms with van der Waals surface area (Å²) in [5, 5.41) is 0. The van der Waals surface area contributed by atoms with E-state index < -0.39 is 95.7 Å². The van der Waals surface area contributed by atoms with Crippen molar-refractivity contribution < 1.29 is 86.3 Å². The molecule has 0 radical (unpaired) electrons. The molecule has 69 heavy (non-hydrogen) atoms. The van der Waals surface area contributed by atoms with Gasteiger partial charge in [0.05, 0.1) is 37.6 Å². The Bertz CT molecular complexity index is 1930. The third-order valence-electron chi connectivity index (χ3n) is 20.2. The number of carbonyl (C=O) groups excluding carboxylic acids is 3. The second-order valence-electron chi connectivity index (χ2n) is 24.2. The van der Waals surface area contributed by atoms with Crippen LogP contribution in [0.1, 0.15) is 158 Å². The Balaban J connectivity index is 0.768. The first-order valence-electron chi connectivity index (χ1n) is 26.6. The molecular formula is C51H74O18. The Hall–Kier alpha value is -2.07. The van der Waals surface area contributed by atoms with Crippen molar-refractivity contribution in [1.29, 1.82) is 0 Å². The van der Waals surface area contributed by atoms with Crippen LogP contribution in [0.15, 0.2) is 0 Å². The summed E-state index contributed by atoms with van der Waals surface area (Å²) >= 11 is 0. The lowest BCUT2D eigenvalue weighted by Gasteiger charge is -2.60. The van der Waals surface area contributed by atoms with Gasteiger partial charge in [0.25, 0.3) is 0 Å². The molecule has 0 amide bonds. The molecule has 3 unspecified atom stereocenters. The maximum absolute atomic E-state index is 14.2. The molecule has 3 saturated carbocycles. The van der Waals surface area contributed by atoms with Crippen LogP contribution < -0.4 is 0 Å². The van der Waals surface area contributed by atoms with Crippen LogP contribution in [-0.4, -0.2) is 95.7 Å². The maximum Gasteiger partial charge on any atom is 0.412 e. The van der Waals surface area contributed by atoms with Gasteiger partial charge in [0.1, 0.15) is 0 Å². The van der Waals surface area contributed by atoms with Gasteiger partial charge in [-0.3, -0.25) is 14.4 Å². The number of hydrogen-bond acceptors (Lipinski definition) is 18. The van der Waals surface area contributed by atoms with E-state index in [9.17, 15) is 14.4 Å². The molecule has 12 heterocycles. The van der Waals surface area contributed by atoms with E-state index in [-0.39, 0.29) is 72.5 Å². The van der Waals surface area contributed by atoms with Gasteiger partial charge in [-0.2, -0.15) is 0 Å². The number of carbonyl (C=O) groups is 3. The number of hydrogen-bond donors (Lipinski definition) is 0. The van der Waals surface area contributed by atoms with E-state index in [1.165, 1.54) is 0 Å². The van der Waals surface area contributed by atoms with Crippen molar-refractivity contribution in [2.24, 2.45) is 65.1 Å². The molecule has 23 atom stereocenters. The zero-order valence-electron chi connectivity index (χ0n) is 41.6. The fourth-order valence-corrected chi connectivity index (χ4v) is 16.3. The molecule has 12 aliphatic heterocycles. The van der Waals surface area contributed by atoms with E-state index in [1.54, 1.807) is 0 Å². The number of rotatable bonds is 9. The lowest BCUT2D eigenvalue weighted by molar-refractivity contribution is -0.571. The molecule has 12 saturated heterocycles. The van der Waals surface area contributed by atoms with Gasteiger partial charge in [-0.25, -0.2) is 29.3 Å². The van der Waals surface area contributed by atoms with Crippen LogP contribution >= 0.6 is 0 Å². The van der Waals surface area contributed by atoms with E-state index in [0.29, 0.717) is 31.1 Å². The van der Waals surface area contributed by atoms with Crippen molar-refractivity contribution in [1.82, 2.24) is 0 Å². The average Bonchev–Trinajstić information content (AvgIpc) is 3.78. The highest BCUT2D eigenvalue weighted by molar-refractivity contribution is 5.74. The Kier molecular flexibility index (Phi) is 11.8. The van der Waals surface area contributed by atoms with E-state index in [1.807, 2.05) is 27.7 Å². The van der Waals surface area contributed by atoms with Crippen molar-refractivity contribution in [2.45, 2.75) is 236 Å². The summed E-state index contributed by atoms with van der Waals surface area (Å²) in [6.45, 7) is 14.2. The number of esters is 3. The fraction of sp³-hybridized carbons (Fsp3) is 0.941. The van der Waals surface area contributed by atoms with E-state index in [0.717, 1.165) is 64.2 Å². The summed E-state index contributed by atoms with van der Waals surface area (Å²) < 4.78 is 57.2. The number of fused-ring (bicyclic) bond motifs is 6. The summed E-state index contributed by atoms with van der Waals surface area (Å²) in [7, 11) is 0. The Morgan fingerprint density at radius 3 is 1.26 bits per heavy atom. The Morgan fingerprint density at radius 1 is 0.449 bits per heavy atom. The molecule has 18 nitrogen and oxygen atoms in total. The van der Waals surface area contributed by atoms with Gasteiger partial charge in [-0.15, -0.1) is 0 Å². The Morgan fingerprint density at radius 2 is 0.826 bits per heavy atom. The second kappa shape index (κ2) is 17.0. The average molecular weight is 975 g/mol. The molecule has 0 aromatic carbocycles. The first kappa shape index (κ1) is 47.9. The van der Waals surface area contributed by atoms with Crippen LogP contribution in [0.3, 0.4) is 0 Å². The molecule has 18 heteroatoms. The van der Waals surface area contributed by atoms with Crippen LogP contribution in [0, 0.1) is 65.1 Å². The predicted octanol–water partition coefficient (Wildman–Crippen LogP) is 7.58. The summed E-state index contributed by atoms with van der Waals surface area (Å²) in [4.78, 5) is 79.5. The smallest absolute Gasteiger partial charge is 0.390 e. The predicted molar refractivity (Wildman–Crippen MR) is 232 cm³/mol. The SMILES string of the molecule is C[C@@H]1CC[C@H]2[C@@H](C)C(CC(=O)OC(OC(=O)CC3O[C@@H]4O[C@@]5(C)CC[C@H]6[C@H](C)CC[C@@H]([C@H]3C)[C@@]46OO5)OC(=O)CC3O[C@@H]4O[C@@]5(C)CC[C@H]6CCC[C@@H]([C@H]3C)[C@]64OO5)O[C@@H]3O[C@@]4(C)CC[C@@H]1[C@]32OO4. The van der Waals surface area contributed by atoms with Crippen molar-refractivity contribution in [3.05, 3.63) is 0 Å². The highest BCUT2D eigenvalue weighted by atomic mass is 17.3. The lowest BCUT2D eigenvalue weighted by atomic mass is 9.57. The van der Waals surface area contributed by atoms with Gasteiger partial charge < -0.3 is 42.6 Å². The molecule has 3 aliphatic carbocycles. The molecule has 3 spiro atoms. The van der Waals surface area contributed by atoms with Crippen molar-refractivity contribution in [3.63, 3.8) is 0 Å². The molecular weight excluding hydrogens is 901 g/mol. The molecule has 0 aromatic heterocycles. The van der Waals surface area contributed by atoms with E-state index >= 15 is 0 Å². The maximum atomic E-state index is 14.2. The molecule has 0 aromatic rings. The first-order valence-corrected chi connectivity index (χ1v) is 26.6. The van der Waals surface area contributed by atoms with Gasteiger partial charge in [0.15, 0.2) is 35.7 Å². The topological polar surface area (TPSA) is 190 Å². The van der Waals surface area contributed by atoms with Crippen LogP contribution in [0.4, 0.5) is 0 Å². The van der Waals surface area contributed by atoms with Crippen LogP contribution in [0.2, 0.25) is 0 Å². The summed E-state index contributed by atoms with van der Waals surface area (Å²) in [6.07, 6.45) is 6.18. The minimum absolute atomic E-state index is 0.0140. The van der Waals surface area contributed by atoms with Crippen molar-refractivity contribution in [2.75, 3.05) is 0 Å². The van der Waals surface area contributed by atoms with Crippen molar-refractivity contribution in [3.8, 4) is 0 Å². The highest BCUT2D eigenvalue weighted by Crippen LogP contribution is 2.64. The van der Waals surface area contributed by atoms with Gasteiger partial charge in [0.2, 0.25) is 17.4 Å². The minimum Gasteiger partial charge on any atom is -0.390 e. The van der Waals surface area contributed by atoms with Crippen LogP contribution in [0.25, 0.3) is 0 Å². The zero-order valence-corrected chi connectivity index (χ0v) is 41.6. The summed E-state index contributed by atoms with van der Waals surface area (Å²) in [6, 6.07) is 0. The largest absolute Gasteiger partial charge is 0.412 e. The second-order valence-corrected chi connectivity index (χ2v) is 24.2. The fourth-order valence-electron chi connectivity index (χ4n) is 16.3. The molecule has 386 valence electrons. The molecule has 15 fully saturated rings. The van der Waals surface area contributed by atoms with Crippen LogP contribution in [0.5, 0.6) is 0 Å². The number of ether oxygens (including phenoxy) is 9. The standard InChI is InChI=1S/C51H74O18/c1-25-12-14-34-28(4)37(56-43-50(34)31(25)17-20-47(7,62-43)65-68-50)23-40(53)59-45(58-39(52)22-36-27(3)33-11-9-10-30-16-19-46(6)61-42(55-36)49(30,33)67-64-46)60-41(54)24-38-29(5)35-15-13-26(2)32-18-21-48(8)63-44(57-38)51(32,35)69-66-48/h25-38,42-45H,9-24H2,1-8H3/t25-,26-,27-,28-,29-,30-,31+,32+,33+,34+,35+,36?,37?,38?,42-,43-,44-,45?,46-,47-,48-,49-,50-,51-/m1/s1. The minimum atomic E-state index is -2.01. The summed E-state index contributed by atoms with van der Waals surface area (Å²) in [5.74, 6) is -4.63. The molecule has 6 bridgehead atoms. The monoisotopic (exact) mass is 974 g/mol. The third kappa shape index (κ3) is 7.47. The van der Waals surface area contributed by atoms with E-state index in [4.69, 9.17) is 72.0 Å². The van der Waals surface area contributed by atoms with Crippen LogP contribution in [-0.2, 0) is 86.3 Å². The normalized spacial score (nSPS) is 54.9. The molecule has 0 N–H and O–H groups in total. The molecule has 15 rings (SSSR count). The van der Waals surface area contributed by atoms with Gasteiger partial charge in [0, 0.05) is 37.0 Å². The third-order valence-corrected chi connectivity index (χ3v) is 20.2. The quantitative estimate of drug-likeness (QED) is 0.125. The summed E-state index contributed by atoms with van der Waals surface area (Å²) in [5.41, 5.74) is -2.42. The van der Waals surface area contributed by atoms with Gasteiger partial charge in [-0.1, -0.05) is 41.0 Å².